The molecule has 0 spiro atoms. The molecule has 4 aliphatic rings. The van der Waals surface area contributed by atoms with E-state index < -0.39 is 0 Å². The monoisotopic (exact) mass is 688 g/mol. The molecular formula is C47H36N4S. The number of anilines is 2. The number of allylic oxidation sites excluding steroid dienone is 5. The van der Waals surface area contributed by atoms with Gasteiger partial charge in [-0.3, -0.25) is 0 Å². The summed E-state index contributed by atoms with van der Waals surface area (Å²) < 4.78 is 2.88. The maximum absolute atomic E-state index is 5.15. The first-order valence-corrected chi connectivity index (χ1v) is 19.4. The number of thiophene rings is 1. The molecule has 3 aliphatic carbocycles. The van der Waals surface area contributed by atoms with Gasteiger partial charge in [-0.15, -0.1) is 11.3 Å². The van der Waals surface area contributed by atoms with Crippen LogP contribution >= 0.6 is 11.3 Å². The highest BCUT2D eigenvalue weighted by Gasteiger charge is 2.43. The topological polar surface area (TPSA) is 41.9 Å². The van der Waals surface area contributed by atoms with Crippen LogP contribution < -0.4 is 4.90 Å². The van der Waals surface area contributed by atoms with Gasteiger partial charge in [0.05, 0.1) is 0 Å². The van der Waals surface area contributed by atoms with Gasteiger partial charge in [0.2, 0.25) is 0 Å². The Hall–Kier alpha value is -5.65. The van der Waals surface area contributed by atoms with Gasteiger partial charge in [0.25, 0.3) is 0 Å². The second-order valence-electron chi connectivity index (χ2n) is 14.6. The Kier molecular flexibility index (Phi) is 6.91. The van der Waals surface area contributed by atoms with Crippen LogP contribution in [0.2, 0.25) is 0 Å². The number of aromatic nitrogens is 3. The minimum atomic E-state index is 0.245. The SMILES string of the molecule is C1=CC2CCc3ccc4sc5c6c(ccc5c4c3C2C=C1)N(c1ccccc1)C1CC(c2nc(-c3ccccc3)nc(-c3ccccc3)n2)=CCC61. The number of aryl methyl sites for hydroxylation is 1. The van der Waals surface area contributed by atoms with Gasteiger partial charge < -0.3 is 4.90 Å². The van der Waals surface area contributed by atoms with E-state index in [0.29, 0.717) is 29.4 Å². The number of nitrogens with zero attached hydrogens (tertiary/aromatic N) is 4. The third-order valence-corrected chi connectivity index (χ3v) is 13.0. The highest BCUT2D eigenvalue weighted by molar-refractivity contribution is 7.26. The van der Waals surface area contributed by atoms with Crippen LogP contribution in [0.5, 0.6) is 0 Å². The third-order valence-electron chi connectivity index (χ3n) is 11.8. The van der Waals surface area contributed by atoms with Crippen molar-refractivity contribution in [3.63, 3.8) is 0 Å². The van der Waals surface area contributed by atoms with E-state index in [0.717, 1.165) is 36.2 Å². The van der Waals surface area contributed by atoms with Crippen molar-refractivity contribution < 1.29 is 0 Å². The molecule has 0 saturated carbocycles. The number of hydrogen-bond acceptors (Lipinski definition) is 5. The van der Waals surface area contributed by atoms with E-state index in [1.165, 1.54) is 54.7 Å². The summed E-state index contributed by atoms with van der Waals surface area (Å²) in [6.07, 6.45) is 16.0. The van der Waals surface area contributed by atoms with Crippen LogP contribution in [0.15, 0.2) is 146 Å². The highest BCUT2D eigenvalue weighted by Crippen LogP contribution is 2.57. The molecule has 0 radical (unpaired) electrons. The number of para-hydroxylation sites is 1. The first-order chi connectivity index (χ1) is 25.8. The molecule has 0 fully saturated rings. The summed E-state index contributed by atoms with van der Waals surface area (Å²) >= 11 is 2.01. The molecule has 3 heterocycles. The van der Waals surface area contributed by atoms with Crippen molar-refractivity contribution in [1.29, 1.82) is 0 Å². The molecule has 0 N–H and O–H groups in total. The van der Waals surface area contributed by atoms with Crippen molar-refractivity contribution in [2.24, 2.45) is 5.92 Å². The average Bonchev–Trinajstić information content (AvgIpc) is 3.77. The largest absolute Gasteiger partial charge is 0.337 e. The summed E-state index contributed by atoms with van der Waals surface area (Å²) in [5.74, 6) is 3.61. The second-order valence-corrected chi connectivity index (χ2v) is 15.6. The molecule has 52 heavy (non-hydrogen) atoms. The fourth-order valence-electron chi connectivity index (χ4n) is 9.43. The molecule has 2 aromatic heterocycles. The van der Waals surface area contributed by atoms with E-state index in [1.807, 2.05) is 47.7 Å². The van der Waals surface area contributed by atoms with Crippen LogP contribution in [0.3, 0.4) is 0 Å². The Bertz CT molecular complexity index is 2550. The molecule has 4 nitrogen and oxygen atoms in total. The number of benzene rings is 5. The molecule has 4 unspecified atom stereocenters. The van der Waals surface area contributed by atoms with Crippen LogP contribution in [0.4, 0.5) is 11.4 Å². The van der Waals surface area contributed by atoms with Crippen LogP contribution in [0.1, 0.15) is 53.6 Å². The molecule has 4 atom stereocenters. The van der Waals surface area contributed by atoms with Crippen LogP contribution in [-0.4, -0.2) is 21.0 Å². The molecule has 7 aromatic rings. The fraction of sp³-hybridized carbons (Fsp3) is 0.170. The lowest BCUT2D eigenvalue weighted by Crippen LogP contribution is -2.32. The van der Waals surface area contributed by atoms with Gasteiger partial charge in [0, 0.05) is 60.6 Å². The van der Waals surface area contributed by atoms with Crippen molar-refractivity contribution in [3.8, 4) is 22.8 Å². The highest BCUT2D eigenvalue weighted by atomic mass is 32.1. The Morgan fingerprint density at radius 2 is 1.35 bits per heavy atom. The molecule has 0 bridgehead atoms. The van der Waals surface area contributed by atoms with E-state index in [9.17, 15) is 0 Å². The minimum absolute atomic E-state index is 0.245. The molecular weight excluding hydrogens is 653 g/mol. The maximum Gasteiger partial charge on any atom is 0.164 e. The maximum atomic E-state index is 5.15. The Balaban J connectivity index is 1.07. The van der Waals surface area contributed by atoms with Gasteiger partial charge >= 0.3 is 0 Å². The molecule has 0 amide bonds. The third kappa shape index (κ3) is 4.69. The zero-order chi connectivity index (χ0) is 34.2. The summed E-state index contributed by atoms with van der Waals surface area (Å²) in [5, 5.41) is 2.92. The second kappa shape index (κ2) is 12.0. The van der Waals surface area contributed by atoms with Gasteiger partial charge in [0.15, 0.2) is 17.5 Å². The van der Waals surface area contributed by atoms with Crippen molar-refractivity contribution in [2.45, 2.75) is 43.6 Å². The van der Waals surface area contributed by atoms with Crippen LogP contribution in [-0.2, 0) is 6.42 Å². The molecule has 0 saturated heterocycles. The van der Waals surface area contributed by atoms with Gasteiger partial charge in [-0.25, -0.2) is 15.0 Å². The van der Waals surface area contributed by atoms with Crippen LogP contribution in [0, 0.1) is 5.92 Å². The van der Waals surface area contributed by atoms with Gasteiger partial charge in [-0.05, 0) is 78.1 Å². The van der Waals surface area contributed by atoms with E-state index in [2.05, 4.69) is 114 Å². The average molecular weight is 689 g/mol. The predicted octanol–water partition coefficient (Wildman–Crippen LogP) is 11.8. The van der Waals surface area contributed by atoms with Gasteiger partial charge in [0.1, 0.15) is 0 Å². The van der Waals surface area contributed by atoms with Crippen molar-refractivity contribution in [3.05, 3.63) is 168 Å². The van der Waals surface area contributed by atoms with E-state index in [-0.39, 0.29) is 6.04 Å². The van der Waals surface area contributed by atoms with Crippen molar-refractivity contribution >= 4 is 48.5 Å². The lowest BCUT2D eigenvalue weighted by molar-refractivity contribution is 0.502. The number of rotatable bonds is 4. The molecule has 250 valence electrons. The molecule has 5 aromatic carbocycles. The van der Waals surface area contributed by atoms with Crippen molar-refractivity contribution in [1.82, 2.24) is 15.0 Å². The summed E-state index contributed by atoms with van der Waals surface area (Å²) in [4.78, 5) is 17.9. The quantitative estimate of drug-likeness (QED) is 0.185. The first kappa shape index (κ1) is 30.0. The number of fused-ring (bicyclic) bond motifs is 11. The first-order valence-electron chi connectivity index (χ1n) is 18.5. The van der Waals surface area contributed by atoms with E-state index >= 15 is 0 Å². The van der Waals surface area contributed by atoms with E-state index in [4.69, 9.17) is 15.0 Å². The van der Waals surface area contributed by atoms with Gasteiger partial charge in [-0.2, -0.15) is 0 Å². The summed E-state index contributed by atoms with van der Waals surface area (Å²) in [5.41, 5.74) is 10.4. The fourth-order valence-corrected chi connectivity index (χ4v) is 10.8. The predicted molar refractivity (Wildman–Crippen MR) is 215 cm³/mol. The summed E-state index contributed by atoms with van der Waals surface area (Å²) in [7, 11) is 0. The van der Waals surface area contributed by atoms with Gasteiger partial charge in [-0.1, -0.05) is 121 Å². The molecule has 1 aliphatic heterocycles. The molecule has 11 rings (SSSR count). The summed E-state index contributed by atoms with van der Waals surface area (Å²) in [6.45, 7) is 0. The standard InChI is InChI=1S/C47H36N4S/c1-4-13-31(14-5-1)45-48-46(32-15-6-2-7-16-32)50-47(49-45)33-22-24-36-39(28-33)51(34-17-8-3-9-18-34)38-26-25-37-43-40(52-44(37)42(36)38)27-23-30-21-20-29-12-10-11-19-35(29)41(30)43/h1-19,22-23,25-27,29,35-36,39H,20-21,24,28H2. The molecule has 5 heteroatoms. The number of hydrogen-bond donors (Lipinski definition) is 0. The Morgan fingerprint density at radius 1 is 0.654 bits per heavy atom. The zero-order valence-corrected chi connectivity index (χ0v) is 29.5. The normalized spacial score (nSPS) is 21.5. The lowest BCUT2D eigenvalue weighted by atomic mass is 9.72. The van der Waals surface area contributed by atoms with Crippen molar-refractivity contribution in [2.75, 3.05) is 4.90 Å². The smallest absolute Gasteiger partial charge is 0.164 e. The Morgan fingerprint density at radius 3 is 2.10 bits per heavy atom. The Labute approximate surface area is 307 Å². The summed E-state index contributed by atoms with van der Waals surface area (Å²) in [6, 6.07) is 41.5. The zero-order valence-electron chi connectivity index (χ0n) is 28.7. The van der Waals surface area contributed by atoms with E-state index in [1.54, 1.807) is 5.56 Å². The van der Waals surface area contributed by atoms with Crippen LogP contribution in [0.25, 0.3) is 48.5 Å². The minimum Gasteiger partial charge on any atom is -0.337 e. The lowest BCUT2D eigenvalue weighted by Gasteiger charge is -2.33.